The normalized spacial score (nSPS) is 11.0. The molecule has 0 heterocycles. The molecule has 0 bridgehead atoms. The Bertz CT molecular complexity index is 816. The minimum absolute atomic E-state index is 0.106. The Morgan fingerprint density at radius 3 is 2.19 bits per heavy atom. The van der Waals surface area contributed by atoms with E-state index in [0.717, 1.165) is 5.56 Å². The molecule has 2 aromatic rings. The van der Waals surface area contributed by atoms with Gasteiger partial charge in [0.05, 0.1) is 18.6 Å². The number of carbonyl (C=O) groups is 1. The molecular weight excluding hydrogens is 358 g/mol. The number of methoxy groups -OCH3 is 1. The Morgan fingerprint density at radius 2 is 1.62 bits per heavy atom. The van der Waals surface area contributed by atoms with Crippen LogP contribution in [0.1, 0.15) is 12.5 Å². The summed E-state index contributed by atoms with van der Waals surface area (Å²) in [5.74, 6) is 0.604. The van der Waals surface area contributed by atoms with E-state index in [1.54, 1.807) is 38.3 Å². The van der Waals surface area contributed by atoms with E-state index in [2.05, 4.69) is 4.72 Å². The molecule has 0 aliphatic heterocycles. The number of carbonyl (C=O) groups excluding carboxylic acids is 1. The highest BCUT2D eigenvalue weighted by atomic mass is 32.2. The quantitative estimate of drug-likeness (QED) is 0.671. The van der Waals surface area contributed by atoms with Gasteiger partial charge in [-0.1, -0.05) is 12.1 Å². The highest BCUT2D eigenvalue weighted by Gasteiger charge is 2.14. The van der Waals surface area contributed by atoms with Gasteiger partial charge in [-0.05, 0) is 48.9 Å². The van der Waals surface area contributed by atoms with E-state index in [1.807, 2.05) is 0 Å². The van der Waals surface area contributed by atoms with Crippen LogP contribution in [0.3, 0.4) is 0 Å². The zero-order chi connectivity index (χ0) is 19.0. The number of hydrogen-bond donors (Lipinski definition) is 1. The maximum absolute atomic E-state index is 12.3. The lowest BCUT2D eigenvalue weighted by molar-refractivity contribution is -0.145. The van der Waals surface area contributed by atoms with Gasteiger partial charge in [0, 0.05) is 6.54 Å². The highest BCUT2D eigenvalue weighted by molar-refractivity contribution is 7.89. The molecular formula is C18H21NO6S. The van der Waals surface area contributed by atoms with E-state index in [-0.39, 0.29) is 24.7 Å². The van der Waals surface area contributed by atoms with Crippen molar-refractivity contribution in [1.29, 1.82) is 0 Å². The van der Waals surface area contributed by atoms with Crippen molar-refractivity contribution in [2.24, 2.45) is 0 Å². The molecule has 0 fully saturated rings. The van der Waals surface area contributed by atoms with Crippen molar-refractivity contribution < 1.29 is 27.4 Å². The van der Waals surface area contributed by atoms with Crippen LogP contribution in [-0.2, 0) is 26.1 Å². The van der Waals surface area contributed by atoms with Crippen LogP contribution in [0, 0.1) is 0 Å². The zero-order valence-corrected chi connectivity index (χ0v) is 15.4. The maximum atomic E-state index is 12.3. The third kappa shape index (κ3) is 5.75. The molecule has 2 aromatic carbocycles. The molecule has 0 atom stereocenters. The molecule has 0 saturated heterocycles. The van der Waals surface area contributed by atoms with Crippen molar-refractivity contribution >= 4 is 16.0 Å². The molecule has 1 N–H and O–H groups in total. The molecule has 140 valence electrons. The fourth-order valence-electron chi connectivity index (χ4n) is 2.06. The summed E-state index contributed by atoms with van der Waals surface area (Å²) in [5.41, 5.74) is 0.809. The SMILES string of the molecule is CCOC(=O)COc1ccc(S(=O)(=O)NCc2ccc(OC)cc2)cc1. The van der Waals surface area contributed by atoms with Gasteiger partial charge in [0.1, 0.15) is 11.5 Å². The summed E-state index contributed by atoms with van der Waals surface area (Å²) in [6, 6.07) is 12.9. The molecule has 7 nitrogen and oxygen atoms in total. The standard InChI is InChI=1S/C18H21NO6S/c1-3-24-18(20)13-25-16-8-10-17(11-9-16)26(21,22)19-12-14-4-6-15(23-2)7-5-14/h4-11,19H,3,12-13H2,1-2H3. The van der Waals surface area contributed by atoms with Crippen LogP contribution in [0.2, 0.25) is 0 Å². The lowest BCUT2D eigenvalue weighted by Gasteiger charge is -2.09. The summed E-state index contributed by atoms with van der Waals surface area (Å²) in [4.78, 5) is 11.3. The molecule has 26 heavy (non-hydrogen) atoms. The molecule has 0 unspecified atom stereocenters. The Hall–Kier alpha value is -2.58. The van der Waals surface area contributed by atoms with Crippen LogP contribution in [0.25, 0.3) is 0 Å². The number of ether oxygens (including phenoxy) is 3. The van der Waals surface area contributed by atoms with E-state index in [9.17, 15) is 13.2 Å². The Morgan fingerprint density at radius 1 is 1.00 bits per heavy atom. The van der Waals surface area contributed by atoms with Crippen LogP contribution in [0.5, 0.6) is 11.5 Å². The van der Waals surface area contributed by atoms with Crippen LogP contribution in [0.4, 0.5) is 0 Å². The predicted molar refractivity (Wildman–Crippen MR) is 95.6 cm³/mol. The van der Waals surface area contributed by atoms with Crippen molar-refractivity contribution in [3.63, 3.8) is 0 Å². The molecule has 0 aliphatic rings. The van der Waals surface area contributed by atoms with E-state index < -0.39 is 16.0 Å². The number of hydrogen-bond acceptors (Lipinski definition) is 6. The molecule has 0 spiro atoms. The van der Waals surface area contributed by atoms with Crippen molar-refractivity contribution in [3.8, 4) is 11.5 Å². The van der Waals surface area contributed by atoms with E-state index >= 15 is 0 Å². The smallest absolute Gasteiger partial charge is 0.344 e. The van der Waals surface area contributed by atoms with Gasteiger partial charge in [0.15, 0.2) is 6.61 Å². The largest absolute Gasteiger partial charge is 0.497 e. The third-order valence-electron chi connectivity index (χ3n) is 3.42. The number of sulfonamides is 1. The summed E-state index contributed by atoms with van der Waals surface area (Å²) in [6.07, 6.45) is 0. The van der Waals surface area contributed by atoms with E-state index in [1.165, 1.54) is 24.3 Å². The fourth-order valence-corrected chi connectivity index (χ4v) is 3.08. The number of rotatable bonds is 9. The zero-order valence-electron chi connectivity index (χ0n) is 14.6. The molecule has 0 aromatic heterocycles. The van der Waals surface area contributed by atoms with Gasteiger partial charge in [-0.3, -0.25) is 0 Å². The first kappa shape index (κ1) is 19.7. The maximum Gasteiger partial charge on any atom is 0.344 e. The van der Waals surface area contributed by atoms with E-state index in [4.69, 9.17) is 14.2 Å². The second-order valence-corrected chi connectivity index (χ2v) is 7.00. The number of benzene rings is 2. The minimum atomic E-state index is -3.66. The van der Waals surface area contributed by atoms with Gasteiger partial charge >= 0.3 is 5.97 Å². The fraction of sp³-hybridized carbons (Fsp3) is 0.278. The second-order valence-electron chi connectivity index (χ2n) is 5.24. The second kappa shape index (κ2) is 9.21. The van der Waals surface area contributed by atoms with Crippen molar-refractivity contribution in [3.05, 3.63) is 54.1 Å². The summed E-state index contributed by atoms with van der Waals surface area (Å²) < 4.78 is 42.3. The molecule has 2 rings (SSSR count). The average Bonchev–Trinajstić information content (AvgIpc) is 2.66. The van der Waals surface area contributed by atoms with Crippen LogP contribution >= 0.6 is 0 Å². The Balaban J connectivity index is 1.94. The van der Waals surface area contributed by atoms with Crippen LogP contribution in [-0.4, -0.2) is 34.7 Å². The Labute approximate surface area is 152 Å². The summed E-state index contributed by atoms with van der Waals surface area (Å²) in [5, 5.41) is 0. The number of esters is 1. The van der Waals surface area contributed by atoms with Gasteiger partial charge in [0.25, 0.3) is 0 Å². The van der Waals surface area contributed by atoms with Gasteiger partial charge in [-0.15, -0.1) is 0 Å². The third-order valence-corrected chi connectivity index (χ3v) is 4.84. The van der Waals surface area contributed by atoms with Gasteiger partial charge in [0.2, 0.25) is 10.0 Å². The van der Waals surface area contributed by atoms with Crippen molar-refractivity contribution in [2.45, 2.75) is 18.4 Å². The monoisotopic (exact) mass is 379 g/mol. The van der Waals surface area contributed by atoms with Crippen molar-refractivity contribution in [2.75, 3.05) is 20.3 Å². The molecule has 8 heteroatoms. The molecule has 0 saturated carbocycles. The van der Waals surface area contributed by atoms with Crippen LogP contribution in [0.15, 0.2) is 53.4 Å². The van der Waals surface area contributed by atoms with Gasteiger partial charge in [-0.2, -0.15) is 0 Å². The molecule has 0 radical (unpaired) electrons. The number of nitrogens with one attached hydrogen (secondary N) is 1. The average molecular weight is 379 g/mol. The lowest BCUT2D eigenvalue weighted by atomic mass is 10.2. The van der Waals surface area contributed by atoms with Crippen molar-refractivity contribution in [1.82, 2.24) is 4.72 Å². The first-order valence-corrected chi connectivity index (χ1v) is 9.44. The summed E-state index contributed by atoms with van der Waals surface area (Å²) in [7, 11) is -2.09. The summed E-state index contributed by atoms with van der Waals surface area (Å²) in [6.45, 7) is 1.92. The first-order valence-electron chi connectivity index (χ1n) is 7.95. The molecule has 0 amide bonds. The highest BCUT2D eigenvalue weighted by Crippen LogP contribution is 2.17. The topological polar surface area (TPSA) is 90.9 Å². The first-order chi connectivity index (χ1) is 12.4. The summed E-state index contributed by atoms with van der Waals surface area (Å²) >= 11 is 0. The lowest BCUT2D eigenvalue weighted by Crippen LogP contribution is -2.23. The minimum Gasteiger partial charge on any atom is -0.497 e. The predicted octanol–water partition coefficient (Wildman–Crippen LogP) is 2.12. The van der Waals surface area contributed by atoms with Gasteiger partial charge in [-0.25, -0.2) is 17.9 Å². The van der Waals surface area contributed by atoms with Crippen LogP contribution < -0.4 is 14.2 Å². The Kier molecular flexibility index (Phi) is 6.99. The van der Waals surface area contributed by atoms with E-state index in [0.29, 0.717) is 11.5 Å². The van der Waals surface area contributed by atoms with Gasteiger partial charge < -0.3 is 14.2 Å². The molecule has 0 aliphatic carbocycles.